The number of nitrogens with zero attached hydrogens (tertiary/aromatic N) is 5. The molecule has 0 spiro atoms. The molecule has 5 N–H and O–H groups in total. The van der Waals surface area contributed by atoms with Crippen LogP contribution in [0, 0.1) is 5.92 Å². The summed E-state index contributed by atoms with van der Waals surface area (Å²) in [5, 5.41) is 24.6. The van der Waals surface area contributed by atoms with E-state index in [4.69, 9.17) is 26.8 Å². The largest absolute Gasteiger partial charge is 0.415 e. The Morgan fingerprint density at radius 1 is 1.10 bits per heavy atom. The molecule has 3 aliphatic rings. The monoisotopic (exact) mass is 599 g/mol. The van der Waals surface area contributed by atoms with E-state index in [1.54, 1.807) is 29.2 Å². The van der Waals surface area contributed by atoms with Crippen LogP contribution in [-0.4, -0.2) is 84.1 Å². The van der Waals surface area contributed by atoms with Gasteiger partial charge in [0.25, 0.3) is 5.91 Å². The smallest absolute Gasteiger partial charge is 0.410 e. The zero-order valence-electron chi connectivity index (χ0n) is 22.9. The zero-order valence-corrected chi connectivity index (χ0v) is 23.7. The number of nitrogens with two attached hydrogens (primary N) is 1. The van der Waals surface area contributed by atoms with Gasteiger partial charge in [-0.3, -0.25) is 9.36 Å². The number of piperidine rings is 1. The molecular formula is C28H34ClN7O6. The average Bonchev–Trinajstić information content (AvgIpc) is 3.61. The van der Waals surface area contributed by atoms with E-state index in [9.17, 15) is 19.8 Å². The molecule has 1 saturated carbocycles. The maximum Gasteiger partial charge on any atom is 0.415 e. The van der Waals surface area contributed by atoms with E-state index in [1.807, 2.05) is 0 Å². The molecule has 4 heterocycles. The highest BCUT2D eigenvalue weighted by Crippen LogP contribution is 2.33. The molecule has 6 rings (SSSR count). The molecule has 14 heteroatoms. The minimum absolute atomic E-state index is 0.0952. The van der Waals surface area contributed by atoms with Crippen molar-refractivity contribution in [2.45, 2.75) is 75.5 Å². The summed E-state index contributed by atoms with van der Waals surface area (Å²) in [6, 6.07) is 6.80. The number of hydrogen-bond acceptors (Lipinski definition) is 10. The fourth-order valence-corrected chi connectivity index (χ4v) is 5.65. The summed E-state index contributed by atoms with van der Waals surface area (Å²) in [5.74, 6) is 1.21. The second-order valence-corrected chi connectivity index (χ2v) is 11.6. The highest BCUT2D eigenvalue weighted by Gasteiger charge is 2.48. The van der Waals surface area contributed by atoms with Crippen molar-refractivity contribution in [2.75, 3.05) is 18.8 Å². The highest BCUT2D eigenvalue weighted by atomic mass is 35.5. The molecule has 2 aliphatic heterocycles. The first-order valence-corrected chi connectivity index (χ1v) is 14.7. The molecule has 42 heavy (non-hydrogen) atoms. The van der Waals surface area contributed by atoms with Gasteiger partial charge in [-0.15, -0.1) is 0 Å². The number of anilines is 1. The van der Waals surface area contributed by atoms with Gasteiger partial charge >= 0.3 is 6.09 Å². The lowest BCUT2D eigenvalue weighted by atomic mass is 9.91. The van der Waals surface area contributed by atoms with Crippen LogP contribution >= 0.6 is 11.6 Å². The highest BCUT2D eigenvalue weighted by molar-refractivity contribution is 6.30. The van der Waals surface area contributed by atoms with Crippen LogP contribution in [0.2, 0.25) is 5.02 Å². The number of aromatic nitrogens is 4. The number of rotatable bonds is 8. The van der Waals surface area contributed by atoms with E-state index in [2.05, 4.69) is 20.3 Å². The number of hydrogen-bond donors (Lipinski definition) is 4. The predicted octanol–water partition coefficient (Wildman–Crippen LogP) is 2.19. The summed E-state index contributed by atoms with van der Waals surface area (Å²) in [5.41, 5.74) is 6.91. The number of aryl methyl sites for hydroxylation is 1. The van der Waals surface area contributed by atoms with Gasteiger partial charge in [0.2, 0.25) is 0 Å². The third-order valence-corrected chi connectivity index (χ3v) is 8.35. The number of fused-ring (bicyclic) bond motifs is 1. The maximum atomic E-state index is 12.5. The van der Waals surface area contributed by atoms with E-state index in [1.165, 1.54) is 10.9 Å². The number of aliphatic hydroxyl groups is 2. The number of benzene rings is 1. The SMILES string of the molecule is Nc1nc(CCCC2CCN(C(=O)Oc3ccc(Cl)cc3)CC2)nc2c1ncn2[C@@H]1O[C@H](C(=O)NC2CC2)C(O)[C@@H]1O. The topological polar surface area (TPSA) is 178 Å². The fourth-order valence-electron chi connectivity index (χ4n) is 5.52. The van der Waals surface area contributed by atoms with Gasteiger partial charge in [0.05, 0.1) is 6.33 Å². The minimum Gasteiger partial charge on any atom is -0.410 e. The van der Waals surface area contributed by atoms with Gasteiger partial charge in [-0.25, -0.2) is 19.7 Å². The van der Waals surface area contributed by atoms with E-state index >= 15 is 0 Å². The summed E-state index contributed by atoms with van der Waals surface area (Å²) in [6.07, 6.45) is 1.93. The molecule has 2 aromatic heterocycles. The van der Waals surface area contributed by atoms with Crippen LogP contribution in [0.4, 0.5) is 10.6 Å². The molecule has 1 aromatic carbocycles. The molecule has 224 valence electrons. The molecule has 2 saturated heterocycles. The first-order valence-electron chi connectivity index (χ1n) is 14.3. The van der Waals surface area contributed by atoms with E-state index in [-0.39, 0.29) is 18.0 Å². The molecule has 3 aromatic rings. The first kappa shape index (κ1) is 28.6. The second kappa shape index (κ2) is 12.0. The summed E-state index contributed by atoms with van der Waals surface area (Å²) in [7, 11) is 0. The van der Waals surface area contributed by atoms with Crippen molar-refractivity contribution < 1.29 is 29.3 Å². The van der Waals surface area contributed by atoms with Crippen molar-refractivity contribution in [1.29, 1.82) is 0 Å². The number of carbonyl (C=O) groups excluding carboxylic acids is 2. The van der Waals surface area contributed by atoms with Crippen molar-refractivity contribution in [3.05, 3.63) is 41.4 Å². The molecule has 4 atom stereocenters. The lowest BCUT2D eigenvalue weighted by Gasteiger charge is -2.31. The van der Waals surface area contributed by atoms with Gasteiger partial charge in [-0.1, -0.05) is 11.6 Å². The number of imidazole rings is 1. The predicted molar refractivity (Wildman–Crippen MR) is 152 cm³/mol. The number of halogens is 1. The summed E-state index contributed by atoms with van der Waals surface area (Å²) in [6.45, 7) is 1.25. The summed E-state index contributed by atoms with van der Waals surface area (Å²) in [4.78, 5) is 40.1. The Bertz CT molecular complexity index is 1440. The number of ether oxygens (including phenoxy) is 2. The average molecular weight is 600 g/mol. The molecule has 0 radical (unpaired) electrons. The van der Waals surface area contributed by atoms with E-state index in [0.29, 0.717) is 53.2 Å². The van der Waals surface area contributed by atoms with Gasteiger partial charge in [-0.2, -0.15) is 0 Å². The van der Waals surface area contributed by atoms with Crippen molar-refractivity contribution >= 4 is 40.6 Å². The van der Waals surface area contributed by atoms with Crippen LogP contribution in [0.5, 0.6) is 5.75 Å². The number of nitrogens with one attached hydrogen (secondary N) is 1. The number of amides is 2. The van der Waals surface area contributed by atoms with Crippen LogP contribution in [0.1, 0.15) is 50.6 Å². The standard InChI is InChI=1S/C28H34ClN7O6/c29-16-4-8-18(9-5-16)41-28(40)35-12-10-15(11-13-35)2-1-3-19-33-24(30)20-25(34-19)36(14-31-20)27-22(38)21(37)23(42-27)26(39)32-17-6-7-17/h4-5,8-9,14-15,17,21-23,27,37-38H,1-3,6-7,10-13H2,(H,32,39)(H2,30,33,34)/t21?,22-,23-,27+/m0/s1. The molecule has 1 aliphatic carbocycles. The van der Waals surface area contributed by atoms with Crippen molar-refractivity contribution in [1.82, 2.24) is 29.7 Å². The Kier molecular flexibility index (Phi) is 8.17. The van der Waals surface area contributed by atoms with Crippen molar-refractivity contribution in [3.63, 3.8) is 0 Å². The third kappa shape index (κ3) is 6.14. The Hall–Kier alpha value is -3.52. The van der Waals surface area contributed by atoms with Crippen LogP contribution in [-0.2, 0) is 16.0 Å². The van der Waals surface area contributed by atoms with Gasteiger partial charge in [0.1, 0.15) is 29.3 Å². The number of likely N-dealkylation sites (tertiary alicyclic amines) is 1. The Morgan fingerprint density at radius 2 is 1.83 bits per heavy atom. The second-order valence-electron chi connectivity index (χ2n) is 11.2. The van der Waals surface area contributed by atoms with Gasteiger partial charge < -0.3 is 35.6 Å². The van der Waals surface area contributed by atoms with E-state index in [0.717, 1.165) is 38.5 Å². The van der Waals surface area contributed by atoms with Crippen LogP contribution < -0.4 is 15.8 Å². The number of nitrogen functional groups attached to an aromatic ring is 1. The number of carbonyl (C=O) groups is 2. The molecule has 0 bridgehead atoms. The van der Waals surface area contributed by atoms with E-state index < -0.39 is 30.4 Å². The normalized spacial score (nSPS) is 24.7. The molecular weight excluding hydrogens is 566 g/mol. The maximum absolute atomic E-state index is 12.5. The molecule has 13 nitrogen and oxygen atoms in total. The fraction of sp³-hybridized carbons (Fsp3) is 0.536. The third-order valence-electron chi connectivity index (χ3n) is 8.09. The van der Waals surface area contributed by atoms with Crippen LogP contribution in [0.15, 0.2) is 30.6 Å². The minimum atomic E-state index is -1.39. The lowest BCUT2D eigenvalue weighted by molar-refractivity contribution is -0.137. The van der Waals surface area contributed by atoms with Crippen LogP contribution in [0.3, 0.4) is 0 Å². The summed E-state index contributed by atoms with van der Waals surface area (Å²) >= 11 is 5.89. The number of aliphatic hydroxyl groups excluding tert-OH is 2. The molecule has 3 fully saturated rings. The summed E-state index contributed by atoms with van der Waals surface area (Å²) < 4.78 is 12.7. The van der Waals surface area contributed by atoms with Gasteiger partial charge in [-0.05, 0) is 68.7 Å². The molecule has 2 amide bonds. The van der Waals surface area contributed by atoms with Crippen molar-refractivity contribution in [2.24, 2.45) is 5.92 Å². The Morgan fingerprint density at radius 3 is 2.55 bits per heavy atom. The quantitative estimate of drug-likeness (QED) is 0.300. The van der Waals surface area contributed by atoms with Gasteiger partial charge in [0.15, 0.2) is 23.8 Å². The lowest BCUT2D eigenvalue weighted by Crippen LogP contribution is -2.43. The van der Waals surface area contributed by atoms with Gasteiger partial charge in [0, 0.05) is 30.6 Å². The first-order chi connectivity index (χ1) is 20.3. The van der Waals surface area contributed by atoms with Crippen LogP contribution in [0.25, 0.3) is 11.2 Å². The zero-order chi connectivity index (χ0) is 29.4. The Balaban J connectivity index is 1.03. The molecule has 1 unspecified atom stereocenters. The Labute approximate surface area is 247 Å². The van der Waals surface area contributed by atoms with Crippen molar-refractivity contribution in [3.8, 4) is 5.75 Å².